The van der Waals surface area contributed by atoms with Gasteiger partial charge in [-0.25, -0.2) is 9.37 Å². The monoisotopic (exact) mass is 308 g/mol. The maximum absolute atomic E-state index is 13.5. The molecule has 0 aliphatic carbocycles. The number of hydrogen-bond donors (Lipinski definition) is 1. The molecule has 0 aliphatic heterocycles. The van der Waals surface area contributed by atoms with Gasteiger partial charge in [-0.1, -0.05) is 18.2 Å². The number of aryl methyl sites for hydroxylation is 1. The zero-order valence-corrected chi connectivity index (χ0v) is 11.8. The summed E-state index contributed by atoms with van der Waals surface area (Å²) in [5.41, 5.74) is 1.56. The highest BCUT2D eigenvalue weighted by molar-refractivity contribution is 9.10. The normalized spacial score (nSPS) is 12.2. The van der Waals surface area contributed by atoms with Gasteiger partial charge in [-0.2, -0.15) is 0 Å². The van der Waals surface area contributed by atoms with Crippen LogP contribution in [0.2, 0.25) is 0 Å². The first-order valence-electron chi connectivity index (χ1n) is 5.71. The minimum atomic E-state index is -0.177. The molecule has 0 fully saturated rings. The van der Waals surface area contributed by atoms with E-state index in [0.29, 0.717) is 5.56 Å². The van der Waals surface area contributed by atoms with Crippen LogP contribution < -0.4 is 5.32 Å². The topological polar surface area (TPSA) is 24.9 Å². The van der Waals surface area contributed by atoms with E-state index in [0.717, 1.165) is 16.0 Å². The number of pyridine rings is 1. The molecule has 2 rings (SSSR count). The van der Waals surface area contributed by atoms with Gasteiger partial charge in [0.1, 0.15) is 16.2 Å². The number of aromatic nitrogens is 1. The quantitative estimate of drug-likeness (QED) is 0.847. The molecular formula is C14H14BrFN2. The maximum Gasteiger partial charge on any atom is 0.127 e. The van der Waals surface area contributed by atoms with E-state index in [1.54, 1.807) is 19.1 Å². The summed E-state index contributed by atoms with van der Waals surface area (Å²) in [6.07, 6.45) is 0. The lowest BCUT2D eigenvalue weighted by Gasteiger charge is -2.15. The Bertz CT molecular complexity index is 557. The third kappa shape index (κ3) is 3.07. The molecule has 18 heavy (non-hydrogen) atoms. The molecule has 0 bridgehead atoms. The average Bonchev–Trinajstić information content (AvgIpc) is 2.32. The second kappa shape index (κ2) is 5.48. The predicted octanol–water partition coefficient (Wildman–Crippen LogP) is 4.46. The van der Waals surface area contributed by atoms with Gasteiger partial charge in [0.15, 0.2) is 0 Å². The Kier molecular flexibility index (Phi) is 3.97. The Labute approximate surface area is 114 Å². The molecule has 1 aromatic carbocycles. The van der Waals surface area contributed by atoms with Crippen molar-refractivity contribution >= 4 is 21.7 Å². The molecule has 2 nitrogen and oxygen atoms in total. The van der Waals surface area contributed by atoms with E-state index in [9.17, 15) is 4.39 Å². The van der Waals surface area contributed by atoms with Gasteiger partial charge in [0.2, 0.25) is 0 Å². The first-order valence-corrected chi connectivity index (χ1v) is 6.50. The molecule has 0 spiro atoms. The summed E-state index contributed by atoms with van der Waals surface area (Å²) in [6, 6.07) is 10.9. The second-order valence-electron chi connectivity index (χ2n) is 4.22. The summed E-state index contributed by atoms with van der Waals surface area (Å²) in [5, 5.41) is 3.24. The van der Waals surface area contributed by atoms with Crippen molar-refractivity contribution in [1.82, 2.24) is 4.98 Å². The van der Waals surface area contributed by atoms with Gasteiger partial charge >= 0.3 is 0 Å². The van der Waals surface area contributed by atoms with Gasteiger partial charge < -0.3 is 5.32 Å². The van der Waals surface area contributed by atoms with Crippen LogP contribution in [0.4, 0.5) is 10.2 Å². The lowest BCUT2D eigenvalue weighted by molar-refractivity contribution is 0.614. The van der Waals surface area contributed by atoms with Crippen LogP contribution in [-0.4, -0.2) is 4.98 Å². The van der Waals surface area contributed by atoms with E-state index in [-0.39, 0.29) is 11.9 Å². The number of nitrogens with one attached hydrogen (secondary N) is 1. The third-order valence-corrected chi connectivity index (χ3v) is 3.22. The largest absolute Gasteiger partial charge is 0.364 e. The molecule has 1 N–H and O–H groups in total. The number of nitrogens with zero attached hydrogens (tertiary/aromatic N) is 1. The van der Waals surface area contributed by atoms with Crippen molar-refractivity contribution in [2.75, 3.05) is 5.32 Å². The summed E-state index contributed by atoms with van der Waals surface area (Å²) < 4.78 is 14.3. The van der Waals surface area contributed by atoms with E-state index in [2.05, 4.69) is 26.2 Å². The summed E-state index contributed by atoms with van der Waals surface area (Å²) in [7, 11) is 0. The first kappa shape index (κ1) is 13.0. The summed E-state index contributed by atoms with van der Waals surface area (Å²) in [6.45, 7) is 3.74. The van der Waals surface area contributed by atoms with E-state index in [1.807, 2.05) is 31.2 Å². The van der Waals surface area contributed by atoms with Crippen LogP contribution in [0.25, 0.3) is 0 Å². The zero-order chi connectivity index (χ0) is 13.1. The highest BCUT2D eigenvalue weighted by Crippen LogP contribution is 2.21. The molecular weight excluding hydrogens is 295 g/mol. The average molecular weight is 309 g/mol. The Morgan fingerprint density at radius 1 is 1.28 bits per heavy atom. The van der Waals surface area contributed by atoms with E-state index in [4.69, 9.17) is 0 Å². The fourth-order valence-corrected chi connectivity index (χ4v) is 2.02. The lowest BCUT2D eigenvalue weighted by atomic mass is 10.1. The van der Waals surface area contributed by atoms with Crippen molar-refractivity contribution in [2.24, 2.45) is 0 Å². The fraction of sp³-hybridized carbons (Fsp3) is 0.214. The highest BCUT2D eigenvalue weighted by atomic mass is 79.9. The van der Waals surface area contributed by atoms with Crippen molar-refractivity contribution in [3.63, 3.8) is 0 Å². The van der Waals surface area contributed by atoms with E-state index < -0.39 is 0 Å². The first-order chi connectivity index (χ1) is 8.56. The van der Waals surface area contributed by atoms with Gasteiger partial charge in [0.05, 0.1) is 6.04 Å². The van der Waals surface area contributed by atoms with Crippen molar-refractivity contribution in [3.05, 3.63) is 57.9 Å². The van der Waals surface area contributed by atoms with Crippen molar-refractivity contribution in [2.45, 2.75) is 19.9 Å². The van der Waals surface area contributed by atoms with Crippen LogP contribution in [-0.2, 0) is 0 Å². The van der Waals surface area contributed by atoms with Crippen molar-refractivity contribution in [1.29, 1.82) is 0 Å². The van der Waals surface area contributed by atoms with Crippen LogP contribution in [0.15, 0.2) is 41.0 Å². The second-order valence-corrected chi connectivity index (χ2v) is 5.03. The molecule has 0 saturated carbocycles. The van der Waals surface area contributed by atoms with E-state index in [1.165, 1.54) is 0 Å². The molecule has 0 amide bonds. The van der Waals surface area contributed by atoms with Gasteiger partial charge in [0, 0.05) is 0 Å². The molecule has 1 atom stereocenters. The molecule has 1 unspecified atom stereocenters. The zero-order valence-electron chi connectivity index (χ0n) is 10.2. The van der Waals surface area contributed by atoms with Crippen LogP contribution in [0, 0.1) is 12.7 Å². The molecule has 94 valence electrons. The molecule has 1 aromatic heterocycles. The Hall–Kier alpha value is -1.42. The van der Waals surface area contributed by atoms with Crippen molar-refractivity contribution < 1.29 is 4.39 Å². The standard InChI is InChI=1S/C14H14BrFN2/c1-9-6-7-11(8-12(9)16)10(2)17-14-5-3-4-13(15)18-14/h3-8,10H,1-2H3,(H,17,18). The molecule has 0 saturated heterocycles. The van der Waals surface area contributed by atoms with E-state index >= 15 is 0 Å². The number of anilines is 1. The Balaban J connectivity index is 2.16. The number of rotatable bonds is 3. The smallest absolute Gasteiger partial charge is 0.127 e. The number of benzene rings is 1. The van der Waals surface area contributed by atoms with Gasteiger partial charge in [-0.15, -0.1) is 0 Å². The summed E-state index contributed by atoms with van der Waals surface area (Å²) >= 11 is 3.32. The summed E-state index contributed by atoms with van der Waals surface area (Å²) in [5.74, 6) is 0.584. The number of hydrogen-bond acceptors (Lipinski definition) is 2. The predicted molar refractivity (Wildman–Crippen MR) is 75.1 cm³/mol. The molecule has 0 aliphatic rings. The van der Waals surface area contributed by atoms with Gasteiger partial charge in [-0.05, 0) is 59.1 Å². The third-order valence-electron chi connectivity index (χ3n) is 2.78. The molecule has 4 heteroatoms. The van der Waals surface area contributed by atoms with Crippen molar-refractivity contribution in [3.8, 4) is 0 Å². The van der Waals surface area contributed by atoms with Crippen LogP contribution >= 0.6 is 15.9 Å². The lowest BCUT2D eigenvalue weighted by Crippen LogP contribution is -2.08. The minimum Gasteiger partial charge on any atom is -0.364 e. The van der Waals surface area contributed by atoms with Crippen LogP contribution in [0.3, 0.4) is 0 Å². The number of halogens is 2. The van der Waals surface area contributed by atoms with Gasteiger partial charge in [-0.3, -0.25) is 0 Å². The minimum absolute atomic E-state index is 0.00176. The maximum atomic E-state index is 13.5. The molecule has 0 radical (unpaired) electrons. The van der Waals surface area contributed by atoms with Crippen LogP contribution in [0.1, 0.15) is 24.1 Å². The summed E-state index contributed by atoms with van der Waals surface area (Å²) in [4.78, 5) is 4.29. The fourth-order valence-electron chi connectivity index (χ4n) is 1.67. The molecule has 1 heterocycles. The Morgan fingerprint density at radius 2 is 2.06 bits per heavy atom. The SMILES string of the molecule is Cc1ccc(C(C)Nc2cccc(Br)n2)cc1F. The Morgan fingerprint density at radius 3 is 2.72 bits per heavy atom. The van der Waals surface area contributed by atoms with Gasteiger partial charge in [0.25, 0.3) is 0 Å². The van der Waals surface area contributed by atoms with Crippen LogP contribution in [0.5, 0.6) is 0 Å². The highest BCUT2D eigenvalue weighted by Gasteiger charge is 2.08. The molecule has 2 aromatic rings.